The van der Waals surface area contributed by atoms with Gasteiger partial charge in [0.2, 0.25) is 0 Å². The molecule has 0 bridgehead atoms. The van der Waals surface area contributed by atoms with Crippen LogP contribution in [0.15, 0.2) is 24.3 Å². The van der Waals surface area contributed by atoms with Crippen molar-refractivity contribution >= 4 is 23.0 Å². The standard InChI is InChI=1S/C7H7NO4S/c8-6-3-1-5(2-4-6)7(9)12-13(10)11/h1-4H,8H2,(H,10,11). The third-order valence-corrected chi connectivity index (χ3v) is 1.59. The van der Waals surface area contributed by atoms with Crippen LogP contribution in [-0.2, 0) is 15.5 Å². The normalized spacial score (nSPS) is 12.1. The molecular weight excluding hydrogens is 194 g/mol. The van der Waals surface area contributed by atoms with E-state index in [4.69, 9.17) is 10.3 Å². The van der Waals surface area contributed by atoms with Crippen molar-refractivity contribution in [2.45, 2.75) is 0 Å². The molecule has 70 valence electrons. The summed E-state index contributed by atoms with van der Waals surface area (Å²) in [4.78, 5) is 11.0. The van der Waals surface area contributed by atoms with E-state index in [0.717, 1.165) is 0 Å². The largest absolute Gasteiger partial charge is 0.399 e. The van der Waals surface area contributed by atoms with Crippen LogP contribution < -0.4 is 5.73 Å². The first kappa shape index (κ1) is 9.69. The molecule has 6 heteroatoms. The van der Waals surface area contributed by atoms with Crippen LogP contribution in [0.5, 0.6) is 0 Å². The number of hydrogen-bond donors (Lipinski definition) is 2. The average Bonchev–Trinajstić information content (AvgIpc) is 2.04. The summed E-state index contributed by atoms with van der Waals surface area (Å²) in [7, 11) is 0. The van der Waals surface area contributed by atoms with Crippen molar-refractivity contribution in [1.29, 1.82) is 0 Å². The van der Waals surface area contributed by atoms with Crippen LogP contribution in [-0.4, -0.2) is 14.7 Å². The van der Waals surface area contributed by atoms with Gasteiger partial charge in [0.1, 0.15) is 0 Å². The molecule has 1 unspecified atom stereocenters. The predicted octanol–water partition coefficient (Wildman–Crippen LogP) is 0.562. The molecule has 0 amide bonds. The van der Waals surface area contributed by atoms with Gasteiger partial charge < -0.3 is 9.92 Å². The summed E-state index contributed by atoms with van der Waals surface area (Å²) in [5, 5.41) is 0. The number of anilines is 1. The van der Waals surface area contributed by atoms with Gasteiger partial charge in [0.25, 0.3) is 0 Å². The van der Waals surface area contributed by atoms with Crippen molar-refractivity contribution in [3.8, 4) is 0 Å². The molecule has 1 rings (SSSR count). The van der Waals surface area contributed by atoms with E-state index in [-0.39, 0.29) is 5.56 Å². The lowest BCUT2D eigenvalue weighted by Gasteiger charge is -1.98. The summed E-state index contributed by atoms with van der Waals surface area (Å²) in [5.74, 6) is -0.860. The molecule has 0 aliphatic heterocycles. The van der Waals surface area contributed by atoms with Gasteiger partial charge in [-0.1, -0.05) is 0 Å². The molecule has 0 radical (unpaired) electrons. The monoisotopic (exact) mass is 201 g/mol. The number of hydrogen-bond acceptors (Lipinski definition) is 4. The fraction of sp³-hybridized carbons (Fsp3) is 0. The van der Waals surface area contributed by atoms with Gasteiger partial charge in [0, 0.05) is 5.69 Å². The van der Waals surface area contributed by atoms with E-state index < -0.39 is 17.3 Å². The Hall–Kier alpha value is -1.40. The van der Waals surface area contributed by atoms with Gasteiger partial charge in [0.05, 0.1) is 5.56 Å². The Morgan fingerprint density at radius 3 is 2.38 bits per heavy atom. The Morgan fingerprint density at radius 1 is 1.38 bits per heavy atom. The Balaban J connectivity index is 2.78. The van der Waals surface area contributed by atoms with E-state index in [1.165, 1.54) is 24.3 Å². The van der Waals surface area contributed by atoms with Crippen LogP contribution in [0.3, 0.4) is 0 Å². The maximum absolute atomic E-state index is 11.0. The first-order valence-corrected chi connectivity index (χ1v) is 4.32. The van der Waals surface area contributed by atoms with Crippen LogP contribution in [0.4, 0.5) is 5.69 Å². The zero-order chi connectivity index (χ0) is 9.84. The highest BCUT2D eigenvalue weighted by molar-refractivity contribution is 7.74. The maximum atomic E-state index is 11.0. The highest BCUT2D eigenvalue weighted by Gasteiger charge is 2.09. The quantitative estimate of drug-likeness (QED) is 0.539. The van der Waals surface area contributed by atoms with Gasteiger partial charge in [-0.3, -0.25) is 4.55 Å². The Bertz CT molecular complexity index is 335. The van der Waals surface area contributed by atoms with Gasteiger partial charge in [-0.2, -0.15) is 4.21 Å². The first-order chi connectivity index (χ1) is 6.09. The third kappa shape index (κ3) is 2.85. The van der Waals surface area contributed by atoms with Gasteiger partial charge in [-0.25, -0.2) is 4.79 Å². The molecule has 1 aromatic carbocycles. The summed E-state index contributed by atoms with van der Waals surface area (Å²) in [6, 6.07) is 5.81. The minimum Gasteiger partial charge on any atom is -0.399 e. The summed E-state index contributed by atoms with van der Waals surface area (Å²) < 4.78 is 22.4. The van der Waals surface area contributed by atoms with E-state index in [1.807, 2.05) is 0 Å². The van der Waals surface area contributed by atoms with E-state index in [2.05, 4.69) is 4.18 Å². The zero-order valence-electron chi connectivity index (χ0n) is 6.47. The van der Waals surface area contributed by atoms with Crippen LogP contribution in [0.25, 0.3) is 0 Å². The maximum Gasteiger partial charge on any atom is 0.360 e. The molecule has 1 atom stereocenters. The van der Waals surface area contributed by atoms with Gasteiger partial charge >= 0.3 is 17.3 Å². The molecule has 13 heavy (non-hydrogen) atoms. The van der Waals surface area contributed by atoms with E-state index in [0.29, 0.717) is 5.69 Å². The summed E-state index contributed by atoms with van der Waals surface area (Å²) in [6.45, 7) is 0. The number of nitrogens with two attached hydrogens (primary N) is 1. The van der Waals surface area contributed by atoms with Crippen LogP contribution >= 0.6 is 0 Å². The molecule has 3 N–H and O–H groups in total. The number of benzene rings is 1. The Labute approximate surface area is 77.0 Å². The fourth-order valence-electron chi connectivity index (χ4n) is 0.732. The summed E-state index contributed by atoms with van der Waals surface area (Å²) in [5.41, 5.74) is 6.05. The van der Waals surface area contributed by atoms with Crippen LogP contribution in [0.1, 0.15) is 10.4 Å². The molecule has 0 saturated heterocycles. The zero-order valence-corrected chi connectivity index (χ0v) is 7.28. The molecule has 0 saturated carbocycles. The summed E-state index contributed by atoms with van der Waals surface area (Å²) >= 11 is -2.58. The van der Waals surface area contributed by atoms with Crippen molar-refractivity contribution < 1.29 is 17.7 Å². The van der Waals surface area contributed by atoms with E-state index in [9.17, 15) is 9.00 Å². The molecule has 0 aliphatic rings. The molecule has 0 aliphatic carbocycles. The second-order valence-corrected chi connectivity index (χ2v) is 2.81. The molecular formula is C7H7NO4S. The van der Waals surface area contributed by atoms with E-state index >= 15 is 0 Å². The van der Waals surface area contributed by atoms with Crippen molar-refractivity contribution in [3.63, 3.8) is 0 Å². The number of carbonyl (C=O) groups excluding carboxylic acids is 1. The van der Waals surface area contributed by atoms with E-state index in [1.54, 1.807) is 0 Å². The highest BCUT2D eigenvalue weighted by Crippen LogP contribution is 2.06. The molecule has 0 heterocycles. The molecule has 5 nitrogen and oxygen atoms in total. The summed E-state index contributed by atoms with van der Waals surface area (Å²) in [6.07, 6.45) is 0. The number of carbonyl (C=O) groups is 1. The molecule has 0 spiro atoms. The van der Waals surface area contributed by atoms with Crippen molar-refractivity contribution in [2.24, 2.45) is 0 Å². The van der Waals surface area contributed by atoms with Gasteiger partial charge in [-0.15, -0.1) is 0 Å². The lowest BCUT2D eigenvalue weighted by atomic mass is 10.2. The minimum absolute atomic E-state index is 0.177. The van der Waals surface area contributed by atoms with Crippen LogP contribution in [0.2, 0.25) is 0 Å². The van der Waals surface area contributed by atoms with Crippen molar-refractivity contribution in [1.82, 2.24) is 0 Å². The van der Waals surface area contributed by atoms with Gasteiger partial charge in [-0.05, 0) is 24.3 Å². The lowest BCUT2D eigenvalue weighted by Crippen LogP contribution is -2.06. The predicted molar refractivity (Wildman–Crippen MR) is 47.0 cm³/mol. The average molecular weight is 201 g/mol. The molecule has 1 aromatic rings. The van der Waals surface area contributed by atoms with Gasteiger partial charge in [0.15, 0.2) is 0 Å². The topological polar surface area (TPSA) is 89.6 Å². The van der Waals surface area contributed by atoms with Crippen molar-refractivity contribution in [3.05, 3.63) is 29.8 Å². The molecule has 0 aromatic heterocycles. The Morgan fingerprint density at radius 2 is 1.92 bits per heavy atom. The number of nitrogen functional groups attached to an aromatic ring is 1. The minimum atomic E-state index is -2.58. The SMILES string of the molecule is Nc1ccc(C(=O)OS(=O)O)cc1. The smallest absolute Gasteiger partial charge is 0.360 e. The molecule has 0 fully saturated rings. The second-order valence-electron chi connectivity index (χ2n) is 2.21. The lowest BCUT2D eigenvalue weighted by molar-refractivity contribution is 0.0743. The fourth-order valence-corrected chi connectivity index (χ4v) is 0.958. The highest BCUT2D eigenvalue weighted by atomic mass is 32.2. The third-order valence-electron chi connectivity index (χ3n) is 1.29. The van der Waals surface area contributed by atoms with Crippen LogP contribution in [0, 0.1) is 0 Å². The van der Waals surface area contributed by atoms with Crippen molar-refractivity contribution in [2.75, 3.05) is 5.73 Å². The number of rotatable bonds is 2. The second kappa shape index (κ2) is 4.01. The Kier molecular flexibility index (Phi) is 2.99. The first-order valence-electron chi connectivity index (χ1n) is 3.28.